The van der Waals surface area contributed by atoms with Crippen LogP contribution in [-0.2, 0) is 14.8 Å². The molecule has 2 aromatic carbocycles. The highest BCUT2D eigenvalue weighted by Crippen LogP contribution is 2.43. The third-order valence-electron chi connectivity index (χ3n) is 3.82. The van der Waals surface area contributed by atoms with Crippen LogP contribution in [0.3, 0.4) is 0 Å². The number of hydrogen-bond donors (Lipinski definition) is 2. The van der Waals surface area contributed by atoms with Gasteiger partial charge in [-0.05, 0) is 44.2 Å². The Morgan fingerprint density at radius 3 is 2.50 bits per heavy atom. The number of nitrogens with one attached hydrogen (secondary N) is 1. The van der Waals surface area contributed by atoms with Gasteiger partial charge in [-0.3, -0.25) is 14.4 Å². The van der Waals surface area contributed by atoms with Gasteiger partial charge in [0.2, 0.25) is 10.0 Å². The first-order chi connectivity index (χ1) is 12.0. The molecule has 0 unspecified atom stereocenters. The summed E-state index contributed by atoms with van der Waals surface area (Å²) in [7, 11) is -3.46. The van der Waals surface area contributed by atoms with Crippen molar-refractivity contribution in [2.24, 2.45) is 0 Å². The molecule has 1 aliphatic heterocycles. The van der Waals surface area contributed by atoms with Gasteiger partial charge in [-0.1, -0.05) is 0 Å². The predicted octanol–water partition coefficient (Wildman–Crippen LogP) is 2.62. The standard InChI is InChI=1S/C17H18FN3O4S/c1-17(2)16(22)21(11-5-6-12(18)13(19)9-11)14-7-4-10(8-15(14)25-17)20-26(3,23)24/h4-9,20H,19H2,1-3H3. The van der Waals surface area contributed by atoms with Crippen molar-refractivity contribution >= 4 is 38.7 Å². The third kappa shape index (κ3) is 3.30. The molecule has 0 radical (unpaired) electrons. The Bertz CT molecular complexity index is 1010. The van der Waals surface area contributed by atoms with E-state index in [-0.39, 0.29) is 11.6 Å². The maximum Gasteiger partial charge on any atom is 0.275 e. The first kappa shape index (κ1) is 18.0. The maximum atomic E-state index is 13.5. The molecule has 3 N–H and O–H groups in total. The van der Waals surface area contributed by atoms with Gasteiger partial charge in [0.25, 0.3) is 5.91 Å². The van der Waals surface area contributed by atoms with Gasteiger partial charge in [0.15, 0.2) is 5.60 Å². The lowest BCUT2D eigenvalue weighted by Crippen LogP contribution is -2.50. The Kier molecular flexibility index (Phi) is 4.06. The van der Waals surface area contributed by atoms with Crippen molar-refractivity contribution in [3.8, 4) is 5.75 Å². The number of nitrogen functional groups attached to an aromatic ring is 1. The van der Waals surface area contributed by atoms with Crippen molar-refractivity contribution in [1.29, 1.82) is 0 Å². The number of hydrogen-bond acceptors (Lipinski definition) is 5. The van der Waals surface area contributed by atoms with Crippen molar-refractivity contribution in [1.82, 2.24) is 0 Å². The van der Waals surface area contributed by atoms with E-state index in [0.717, 1.165) is 6.26 Å². The molecular formula is C17H18FN3O4S. The molecule has 0 saturated carbocycles. The van der Waals surface area contributed by atoms with Crippen molar-refractivity contribution in [3.63, 3.8) is 0 Å². The van der Waals surface area contributed by atoms with Crippen molar-refractivity contribution in [3.05, 3.63) is 42.2 Å². The highest BCUT2D eigenvalue weighted by atomic mass is 32.2. The minimum absolute atomic E-state index is 0.0866. The maximum absolute atomic E-state index is 13.5. The van der Waals surface area contributed by atoms with E-state index >= 15 is 0 Å². The number of nitrogens with zero attached hydrogens (tertiary/aromatic N) is 1. The summed E-state index contributed by atoms with van der Waals surface area (Å²) in [6, 6.07) is 8.53. The predicted molar refractivity (Wildman–Crippen MR) is 97.6 cm³/mol. The van der Waals surface area contributed by atoms with Gasteiger partial charge in [-0.25, -0.2) is 12.8 Å². The number of amides is 1. The average molecular weight is 379 g/mol. The van der Waals surface area contributed by atoms with Gasteiger partial charge in [0.1, 0.15) is 11.6 Å². The quantitative estimate of drug-likeness (QED) is 0.798. The first-order valence-electron chi connectivity index (χ1n) is 7.68. The van der Waals surface area contributed by atoms with Gasteiger partial charge >= 0.3 is 0 Å². The molecule has 0 aromatic heterocycles. The van der Waals surface area contributed by atoms with E-state index in [1.807, 2.05) is 0 Å². The highest BCUT2D eigenvalue weighted by Gasteiger charge is 2.42. The lowest BCUT2D eigenvalue weighted by molar-refractivity contribution is -0.131. The Labute approximate surface area is 150 Å². The second-order valence-corrected chi connectivity index (χ2v) is 8.26. The molecule has 138 valence electrons. The Balaban J connectivity index is 2.14. The normalized spacial score (nSPS) is 16.0. The van der Waals surface area contributed by atoms with Crippen LogP contribution in [0.2, 0.25) is 0 Å². The van der Waals surface area contributed by atoms with E-state index in [9.17, 15) is 17.6 Å². The number of halogens is 1. The molecule has 2 aromatic rings. The Hall–Kier alpha value is -2.81. The number of fused-ring (bicyclic) bond motifs is 1. The van der Waals surface area contributed by atoms with Crippen LogP contribution in [0.25, 0.3) is 0 Å². The zero-order valence-electron chi connectivity index (χ0n) is 14.4. The van der Waals surface area contributed by atoms with E-state index in [2.05, 4.69) is 4.72 Å². The van der Waals surface area contributed by atoms with E-state index in [1.54, 1.807) is 19.9 Å². The lowest BCUT2D eigenvalue weighted by atomic mass is 10.0. The second-order valence-electron chi connectivity index (χ2n) is 6.52. The number of ether oxygens (including phenoxy) is 1. The van der Waals surface area contributed by atoms with E-state index in [1.165, 1.54) is 35.2 Å². The Morgan fingerprint density at radius 1 is 1.19 bits per heavy atom. The number of sulfonamides is 1. The van der Waals surface area contributed by atoms with Gasteiger partial charge in [-0.2, -0.15) is 0 Å². The minimum Gasteiger partial charge on any atom is -0.476 e. The second kappa shape index (κ2) is 5.87. The number of anilines is 4. The molecule has 1 aliphatic rings. The summed E-state index contributed by atoms with van der Waals surface area (Å²) in [4.78, 5) is 14.2. The average Bonchev–Trinajstić information content (AvgIpc) is 2.50. The van der Waals surface area contributed by atoms with Gasteiger partial charge in [0.05, 0.1) is 29.0 Å². The summed E-state index contributed by atoms with van der Waals surface area (Å²) in [6.45, 7) is 3.18. The lowest BCUT2D eigenvalue weighted by Gasteiger charge is -2.39. The van der Waals surface area contributed by atoms with Crippen LogP contribution in [0.15, 0.2) is 36.4 Å². The largest absolute Gasteiger partial charge is 0.476 e. The molecule has 1 amide bonds. The molecule has 9 heteroatoms. The minimum atomic E-state index is -3.46. The fraction of sp³-hybridized carbons (Fsp3) is 0.235. The molecule has 0 atom stereocenters. The number of carbonyl (C=O) groups excluding carboxylic acids is 1. The van der Waals surface area contributed by atoms with Crippen molar-refractivity contribution in [2.45, 2.75) is 19.4 Å². The van der Waals surface area contributed by atoms with Crippen LogP contribution < -0.4 is 20.1 Å². The number of rotatable bonds is 3. The number of carbonyl (C=O) groups is 1. The SMILES string of the molecule is CC1(C)Oc2cc(NS(C)(=O)=O)ccc2N(c2ccc(F)c(N)c2)C1=O. The highest BCUT2D eigenvalue weighted by molar-refractivity contribution is 7.92. The molecule has 0 fully saturated rings. The smallest absolute Gasteiger partial charge is 0.275 e. The zero-order chi connectivity index (χ0) is 19.3. The van der Waals surface area contributed by atoms with Crippen molar-refractivity contribution < 1.29 is 22.3 Å². The monoisotopic (exact) mass is 379 g/mol. The van der Waals surface area contributed by atoms with Gasteiger partial charge < -0.3 is 10.5 Å². The fourth-order valence-electron chi connectivity index (χ4n) is 2.68. The summed E-state index contributed by atoms with van der Waals surface area (Å²) < 4.78 is 44.5. The van der Waals surface area contributed by atoms with E-state index < -0.39 is 21.4 Å². The van der Waals surface area contributed by atoms with Crippen LogP contribution in [0.5, 0.6) is 5.75 Å². The first-order valence-corrected chi connectivity index (χ1v) is 9.57. The summed E-state index contributed by atoms with van der Waals surface area (Å²) in [5, 5.41) is 0. The summed E-state index contributed by atoms with van der Waals surface area (Å²) in [5.41, 5.74) is 5.43. The summed E-state index contributed by atoms with van der Waals surface area (Å²) in [5.74, 6) is -0.632. The zero-order valence-corrected chi connectivity index (χ0v) is 15.2. The molecule has 3 rings (SSSR count). The van der Waals surface area contributed by atoms with Crippen LogP contribution >= 0.6 is 0 Å². The molecular weight excluding hydrogens is 361 g/mol. The Morgan fingerprint density at radius 2 is 1.88 bits per heavy atom. The summed E-state index contributed by atoms with van der Waals surface area (Å²) >= 11 is 0. The van der Waals surface area contributed by atoms with Crippen LogP contribution in [0.1, 0.15) is 13.8 Å². The fourth-order valence-corrected chi connectivity index (χ4v) is 3.24. The summed E-state index contributed by atoms with van der Waals surface area (Å²) in [6.07, 6.45) is 1.04. The molecule has 0 aliphatic carbocycles. The van der Waals surface area contributed by atoms with Crippen molar-refractivity contribution in [2.75, 3.05) is 21.6 Å². The molecule has 0 bridgehead atoms. The molecule has 26 heavy (non-hydrogen) atoms. The molecule has 0 saturated heterocycles. The number of benzene rings is 2. The van der Waals surface area contributed by atoms with E-state index in [4.69, 9.17) is 10.5 Å². The third-order valence-corrected chi connectivity index (χ3v) is 4.43. The number of nitrogens with two attached hydrogens (primary N) is 1. The van der Waals surface area contributed by atoms with Crippen LogP contribution in [-0.4, -0.2) is 26.2 Å². The van der Waals surface area contributed by atoms with Crippen LogP contribution in [0.4, 0.5) is 27.1 Å². The van der Waals surface area contributed by atoms with Crippen LogP contribution in [0, 0.1) is 5.82 Å². The molecule has 7 nitrogen and oxygen atoms in total. The van der Waals surface area contributed by atoms with Gasteiger partial charge in [0, 0.05) is 6.07 Å². The molecule has 0 spiro atoms. The molecule has 1 heterocycles. The topological polar surface area (TPSA) is 102 Å². The van der Waals surface area contributed by atoms with Gasteiger partial charge in [-0.15, -0.1) is 0 Å². The van der Waals surface area contributed by atoms with E-state index in [0.29, 0.717) is 22.8 Å².